The fourth-order valence-electron chi connectivity index (χ4n) is 3.39. The van der Waals surface area contributed by atoms with Gasteiger partial charge < -0.3 is 14.4 Å². The van der Waals surface area contributed by atoms with Crippen LogP contribution in [0.15, 0.2) is 42.5 Å². The molecule has 0 bridgehead atoms. The van der Waals surface area contributed by atoms with Crippen molar-refractivity contribution in [2.45, 2.75) is 33.1 Å². The molecule has 1 heterocycles. The van der Waals surface area contributed by atoms with Gasteiger partial charge in [-0.25, -0.2) is 4.79 Å². The third kappa shape index (κ3) is 4.48. The molecule has 2 aromatic carbocycles. The third-order valence-electron chi connectivity index (χ3n) is 4.76. The smallest absolute Gasteiger partial charge is 0.344 e. The van der Waals surface area contributed by atoms with E-state index in [9.17, 15) is 9.59 Å². The highest BCUT2D eigenvalue weighted by Gasteiger charge is 2.24. The number of hydrogen-bond acceptors (Lipinski definition) is 4. The Morgan fingerprint density at radius 1 is 1.11 bits per heavy atom. The Morgan fingerprint density at radius 3 is 2.63 bits per heavy atom. The fourth-order valence-corrected chi connectivity index (χ4v) is 3.39. The molecule has 0 aliphatic carbocycles. The molecule has 1 aliphatic rings. The van der Waals surface area contributed by atoms with Crippen molar-refractivity contribution in [1.82, 2.24) is 0 Å². The van der Waals surface area contributed by atoms with Crippen molar-refractivity contribution in [3.63, 3.8) is 0 Å². The van der Waals surface area contributed by atoms with Crippen molar-refractivity contribution < 1.29 is 19.1 Å². The van der Waals surface area contributed by atoms with Gasteiger partial charge in [0.25, 0.3) is 5.91 Å². The van der Waals surface area contributed by atoms with Crippen molar-refractivity contribution in [1.29, 1.82) is 0 Å². The minimum Gasteiger partial charge on any atom is -0.482 e. The van der Waals surface area contributed by atoms with Gasteiger partial charge in [0.2, 0.25) is 0 Å². The van der Waals surface area contributed by atoms with Gasteiger partial charge in [-0.05, 0) is 54.2 Å². The Labute approximate surface area is 159 Å². The van der Waals surface area contributed by atoms with Gasteiger partial charge in [-0.15, -0.1) is 0 Å². The van der Waals surface area contributed by atoms with Crippen molar-refractivity contribution in [2.24, 2.45) is 0 Å². The molecule has 5 heteroatoms. The normalized spacial score (nSPS) is 12.8. The molecule has 5 nitrogen and oxygen atoms in total. The number of benzene rings is 2. The molecule has 0 fully saturated rings. The van der Waals surface area contributed by atoms with Gasteiger partial charge in [0, 0.05) is 12.2 Å². The number of esters is 1. The number of carbonyl (C=O) groups is 2. The van der Waals surface area contributed by atoms with E-state index in [1.54, 1.807) is 4.90 Å². The minimum atomic E-state index is -0.554. The molecular formula is C22H25NO4. The van der Waals surface area contributed by atoms with Crippen LogP contribution in [0.25, 0.3) is 0 Å². The van der Waals surface area contributed by atoms with Crippen LogP contribution in [-0.4, -0.2) is 31.6 Å². The minimum absolute atomic E-state index is 0.217. The molecule has 0 aromatic heterocycles. The maximum Gasteiger partial charge on any atom is 0.344 e. The van der Waals surface area contributed by atoms with E-state index in [0.29, 0.717) is 18.2 Å². The number of rotatable bonds is 6. The fraction of sp³-hybridized carbons (Fsp3) is 0.364. The van der Waals surface area contributed by atoms with E-state index in [1.165, 1.54) is 5.56 Å². The molecule has 1 amide bonds. The number of fused-ring (bicyclic) bond motifs is 1. The second-order valence-corrected chi connectivity index (χ2v) is 7.05. The molecule has 0 saturated carbocycles. The maximum atomic E-state index is 12.3. The van der Waals surface area contributed by atoms with Crippen LogP contribution in [0.2, 0.25) is 0 Å². The van der Waals surface area contributed by atoms with Gasteiger partial charge in [0.1, 0.15) is 5.75 Å². The summed E-state index contributed by atoms with van der Waals surface area (Å²) in [5.41, 5.74) is 4.41. The van der Waals surface area contributed by atoms with Gasteiger partial charge in [0.15, 0.2) is 13.2 Å². The average Bonchev–Trinajstić information content (AvgIpc) is 3.08. The highest BCUT2D eigenvalue weighted by Crippen LogP contribution is 2.27. The highest BCUT2D eigenvalue weighted by atomic mass is 16.6. The molecular weight excluding hydrogens is 342 g/mol. The lowest BCUT2D eigenvalue weighted by molar-refractivity contribution is -0.149. The van der Waals surface area contributed by atoms with Crippen LogP contribution in [0.4, 0.5) is 5.69 Å². The molecule has 0 spiro atoms. The quantitative estimate of drug-likeness (QED) is 0.732. The first-order valence-corrected chi connectivity index (χ1v) is 9.23. The summed E-state index contributed by atoms with van der Waals surface area (Å²) in [4.78, 5) is 25.9. The first-order chi connectivity index (χ1) is 13.0. The van der Waals surface area contributed by atoms with Crippen molar-refractivity contribution in [3.05, 3.63) is 59.2 Å². The van der Waals surface area contributed by atoms with Gasteiger partial charge >= 0.3 is 5.97 Å². The number of hydrogen-bond donors (Lipinski definition) is 0. The number of carbonyl (C=O) groups excluding carboxylic acids is 2. The zero-order chi connectivity index (χ0) is 19.4. The second-order valence-electron chi connectivity index (χ2n) is 7.05. The highest BCUT2D eigenvalue weighted by molar-refractivity contribution is 5.97. The van der Waals surface area contributed by atoms with Crippen LogP contribution >= 0.6 is 0 Å². The molecule has 0 atom stereocenters. The van der Waals surface area contributed by atoms with Gasteiger partial charge in [-0.1, -0.05) is 38.1 Å². The molecule has 3 rings (SSSR count). The van der Waals surface area contributed by atoms with Crippen LogP contribution in [0.1, 0.15) is 36.5 Å². The van der Waals surface area contributed by atoms with E-state index in [-0.39, 0.29) is 19.1 Å². The molecule has 27 heavy (non-hydrogen) atoms. The zero-order valence-corrected chi connectivity index (χ0v) is 16.0. The van der Waals surface area contributed by atoms with E-state index >= 15 is 0 Å². The summed E-state index contributed by atoms with van der Waals surface area (Å²) in [7, 11) is 0. The first-order valence-electron chi connectivity index (χ1n) is 9.23. The molecule has 1 aliphatic heterocycles. The van der Waals surface area contributed by atoms with E-state index < -0.39 is 5.97 Å². The van der Waals surface area contributed by atoms with E-state index in [0.717, 1.165) is 23.2 Å². The summed E-state index contributed by atoms with van der Waals surface area (Å²) in [6.45, 7) is 6.42. The number of anilines is 1. The molecule has 0 N–H and O–H groups in total. The zero-order valence-electron chi connectivity index (χ0n) is 16.0. The molecule has 0 saturated heterocycles. The first kappa shape index (κ1) is 19.0. The summed E-state index contributed by atoms with van der Waals surface area (Å²) < 4.78 is 10.6. The van der Waals surface area contributed by atoms with E-state index in [2.05, 4.69) is 13.8 Å². The SMILES string of the molecule is Cc1cc(OCC(=O)OCC(=O)N2CCc3ccccc32)ccc1C(C)C. The lowest BCUT2D eigenvalue weighted by Crippen LogP contribution is -2.33. The largest absolute Gasteiger partial charge is 0.482 e. The molecule has 2 aromatic rings. The summed E-state index contributed by atoms with van der Waals surface area (Å²) in [6.07, 6.45) is 0.824. The maximum absolute atomic E-state index is 12.3. The summed E-state index contributed by atoms with van der Waals surface area (Å²) in [5, 5.41) is 0. The van der Waals surface area contributed by atoms with Crippen LogP contribution in [0.3, 0.4) is 0 Å². The van der Waals surface area contributed by atoms with Crippen molar-refractivity contribution >= 4 is 17.6 Å². The van der Waals surface area contributed by atoms with Crippen molar-refractivity contribution in [2.75, 3.05) is 24.7 Å². The number of aryl methyl sites for hydroxylation is 1. The van der Waals surface area contributed by atoms with Crippen LogP contribution in [0, 0.1) is 6.92 Å². The van der Waals surface area contributed by atoms with Crippen LogP contribution in [0.5, 0.6) is 5.75 Å². The van der Waals surface area contributed by atoms with E-state index in [1.807, 2.05) is 49.4 Å². The number of para-hydroxylation sites is 1. The Morgan fingerprint density at radius 2 is 1.89 bits per heavy atom. The predicted octanol–water partition coefficient (Wildman–Crippen LogP) is 3.63. The average molecular weight is 367 g/mol. The van der Waals surface area contributed by atoms with Gasteiger partial charge in [-0.3, -0.25) is 4.79 Å². The van der Waals surface area contributed by atoms with E-state index in [4.69, 9.17) is 9.47 Å². The van der Waals surface area contributed by atoms with Gasteiger partial charge in [0.05, 0.1) is 0 Å². The lowest BCUT2D eigenvalue weighted by Gasteiger charge is -2.17. The lowest BCUT2D eigenvalue weighted by atomic mass is 9.98. The number of ether oxygens (including phenoxy) is 2. The predicted molar refractivity (Wildman–Crippen MR) is 104 cm³/mol. The Hall–Kier alpha value is -2.82. The number of amides is 1. The monoisotopic (exact) mass is 367 g/mol. The standard InChI is InChI=1S/C22H25NO4/c1-15(2)19-9-8-18(12-16(19)3)26-14-22(25)27-13-21(24)23-11-10-17-6-4-5-7-20(17)23/h4-9,12,15H,10-11,13-14H2,1-3H3. The summed E-state index contributed by atoms with van der Waals surface area (Å²) in [6, 6.07) is 13.5. The second kappa shape index (κ2) is 8.25. The molecule has 0 radical (unpaired) electrons. The van der Waals surface area contributed by atoms with Gasteiger partial charge in [-0.2, -0.15) is 0 Å². The summed E-state index contributed by atoms with van der Waals surface area (Å²) >= 11 is 0. The number of nitrogens with zero attached hydrogens (tertiary/aromatic N) is 1. The summed E-state index contributed by atoms with van der Waals surface area (Å²) in [5.74, 6) is 0.284. The Kier molecular flexibility index (Phi) is 5.79. The Bertz CT molecular complexity index is 844. The topological polar surface area (TPSA) is 55.8 Å². The van der Waals surface area contributed by atoms with Crippen LogP contribution < -0.4 is 9.64 Å². The third-order valence-corrected chi connectivity index (χ3v) is 4.76. The van der Waals surface area contributed by atoms with Crippen LogP contribution in [-0.2, 0) is 20.7 Å². The van der Waals surface area contributed by atoms with Crippen molar-refractivity contribution in [3.8, 4) is 5.75 Å². The molecule has 0 unspecified atom stereocenters. The molecule has 142 valence electrons. The Balaban J connectivity index is 1.48.